The number of nitrogens with zero attached hydrogens (tertiary/aromatic N) is 2. The predicted molar refractivity (Wildman–Crippen MR) is 113 cm³/mol. The van der Waals surface area contributed by atoms with E-state index in [0.29, 0.717) is 18.9 Å². The van der Waals surface area contributed by atoms with Gasteiger partial charge in [0, 0.05) is 37.0 Å². The SMILES string of the molecule is CCCCN(C(=O)CCC(C)C)C(C(=O)NC1CCCCC1)c1cccnc1. The zero-order chi connectivity index (χ0) is 20.4. The number of rotatable bonds is 10. The van der Waals surface area contributed by atoms with Crippen LogP contribution in [-0.4, -0.2) is 34.3 Å². The molecule has 1 N–H and O–H groups in total. The molecule has 0 aliphatic heterocycles. The first-order chi connectivity index (χ1) is 13.5. The molecule has 0 bridgehead atoms. The molecule has 5 nitrogen and oxygen atoms in total. The van der Waals surface area contributed by atoms with Gasteiger partial charge in [0.15, 0.2) is 0 Å². The summed E-state index contributed by atoms with van der Waals surface area (Å²) in [7, 11) is 0. The van der Waals surface area contributed by atoms with E-state index in [9.17, 15) is 9.59 Å². The molecule has 1 aromatic heterocycles. The van der Waals surface area contributed by atoms with E-state index in [1.54, 1.807) is 17.3 Å². The largest absolute Gasteiger partial charge is 0.351 e. The minimum absolute atomic E-state index is 0.0612. The molecule has 1 heterocycles. The molecule has 1 atom stereocenters. The molecule has 28 heavy (non-hydrogen) atoms. The highest BCUT2D eigenvalue weighted by Crippen LogP contribution is 2.25. The van der Waals surface area contributed by atoms with Gasteiger partial charge in [-0.15, -0.1) is 0 Å². The van der Waals surface area contributed by atoms with E-state index < -0.39 is 6.04 Å². The molecule has 1 saturated carbocycles. The Hall–Kier alpha value is -1.91. The number of hydrogen-bond acceptors (Lipinski definition) is 3. The topological polar surface area (TPSA) is 62.3 Å². The van der Waals surface area contributed by atoms with Crippen LogP contribution in [0.5, 0.6) is 0 Å². The standard InChI is InChI=1S/C23H37N3O2/c1-4-5-16-26(21(27)14-13-18(2)3)22(19-10-9-15-24-17-19)23(28)25-20-11-7-6-8-12-20/h9-10,15,17-18,20,22H,4-8,11-14,16H2,1-3H3,(H,25,28). The number of aromatic nitrogens is 1. The van der Waals surface area contributed by atoms with Gasteiger partial charge < -0.3 is 10.2 Å². The third-order valence-corrected chi connectivity index (χ3v) is 5.52. The number of unbranched alkanes of at least 4 members (excludes halogenated alkanes) is 1. The molecule has 1 unspecified atom stereocenters. The van der Waals surface area contributed by atoms with E-state index in [2.05, 4.69) is 31.1 Å². The van der Waals surface area contributed by atoms with Gasteiger partial charge in [0.05, 0.1) is 0 Å². The summed E-state index contributed by atoms with van der Waals surface area (Å²) in [5, 5.41) is 3.23. The van der Waals surface area contributed by atoms with E-state index in [0.717, 1.165) is 50.5 Å². The molecule has 0 aromatic carbocycles. The fourth-order valence-corrected chi connectivity index (χ4v) is 3.82. The second kappa shape index (κ2) is 11.8. The molecular weight excluding hydrogens is 350 g/mol. The molecule has 1 aliphatic carbocycles. The lowest BCUT2D eigenvalue weighted by Crippen LogP contribution is -2.47. The molecule has 1 aromatic rings. The summed E-state index contributed by atoms with van der Waals surface area (Å²) < 4.78 is 0. The second-order valence-corrected chi connectivity index (χ2v) is 8.41. The van der Waals surface area contributed by atoms with E-state index in [-0.39, 0.29) is 17.9 Å². The Morgan fingerprint density at radius 3 is 2.61 bits per heavy atom. The van der Waals surface area contributed by atoms with Crippen LogP contribution in [-0.2, 0) is 9.59 Å². The molecule has 2 amide bonds. The summed E-state index contributed by atoms with van der Waals surface area (Å²) in [6.07, 6.45) is 12.2. The Kier molecular flexibility index (Phi) is 9.45. The van der Waals surface area contributed by atoms with Crippen molar-refractivity contribution in [2.45, 2.75) is 90.6 Å². The van der Waals surface area contributed by atoms with E-state index in [1.165, 1.54) is 6.42 Å². The van der Waals surface area contributed by atoms with Crippen molar-refractivity contribution >= 4 is 11.8 Å². The third kappa shape index (κ3) is 6.92. The first kappa shape index (κ1) is 22.4. The molecule has 2 rings (SSSR count). The first-order valence-corrected chi connectivity index (χ1v) is 11.0. The highest BCUT2D eigenvalue weighted by atomic mass is 16.2. The summed E-state index contributed by atoms with van der Waals surface area (Å²) >= 11 is 0. The molecule has 156 valence electrons. The maximum absolute atomic E-state index is 13.3. The summed E-state index contributed by atoms with van der Waals surface area (Å²) in [5.41, 5.74) is 0.796. The lowest BCUT2D eigenvalue weighted by molar-refractivity contribution is -0.141. The van der Waals surface area contributed by atoms with Crippen LogP contribution in [0.15, 0.2) is 24.5 Å². The number of nitrogens with one attached hydrogen (secondary N) is 1. The van der Waals surface area contributed by atoms with Crippen LogP contribution in [0, 0.1) is 5.92 Å². The Morgan fingerprint density at radius 2 is 2.00 bits per heavy atom. The smallest absolute Gasteiger partial charge is 0.247 e. The lowest BCUT2D eigenvalue weighted by atomic mass is 9.94. The van der Waals surface area contributed by atoms with Crippen molar-refractivity contribution in [3.05, 3.63) is 30.1 Å². The van der Waals surface area contributed by atoms with Gasteiger partial charge in [-0.1, -0.05) is 52.5 Å². The monoisotopic (exact) mass is 387 g/mol. The number of pyridine rings is 1. The average Bonchev–Trinajstić information content (AvgIpc) is 2.70. The van der Waals surface area contributed by atoms with Gasteiger partial charge in [0.2, 0.25) is 11.8 Å². The zero-order valence-corrected chi connectivity index (χ0v) is 17.8. The van der Waals surface area contributed by atoms with E-state index in [1.807, 2.05) is 12.1 Å². The van der Waals surface area contributed by atoms with Crippen molar-refractivity contribution in [1.82, 2.24) is 15.2 Å². The molecule has 5 heteroatoms. The van der Waals surface area contributed by atoms with Crippen LogP contribution >= 0.6 is 0 Å². The average molecular weight is 388 g/mol. The fourth-order valence-electron chi connectivity index (χ4n) is 3.82. The van der Waals surface area contributed by atoms with Crippen LogP contribution in [0.4, 0.5) is 0 Å². The Labute approximate surface area is 170 Å². The minimum atomic E-state index is -0.596. The highest BCUT2D eigenvalue weighted by Gasteiger charge is 2.32. The minimum Gasteiger partial charge on any atom is -0.351 e. The van der Waals surface area contributed by atoms with Crippen LogP contribution in [0.25, 0.3) is 0 Å². The van der Waals surface area contributed by atoms with E-state index in [4.69, 9.17) is 0 Å². The highest BCUT2D eigenvalue weighted by molar-refractivity contribution is 5.88. The maximum atomic E-state index is 13.3. The first-order valence-electron chi connectivity index (χ1n) is 11.0. The van der Waals surface area contributed by atoms with Crippen molar-refractivity contribution in [3.63, 3.8) is 0 Å². The van der Waals surface area contributed by atoms with E-state index >= 15 is 0 Å². The Morgan fingerprint density at radius 1 is 1.25 bits per heavy atom. The molecule has 1 aliphatic rings. The number of carbonyl (C=O) groups is 2. The summed E-state index contributed by atoms with van der Waals surface area (Å²) in [5.74, 6) is 0.466. The number of carbonyl (C=O) groups excluding carboxylic acids is 2. The van der Waals surface area contributed by atoms with Gasteiger partial charge in [-0.3, -0.25) is 14.6 Å². The van der Waals surface area contributed by atoms with Gasteiger partial charge in [-0.05, 0) is 37.7 Å². The van der Waals surface area contributed by atoms with Gasteiger partial charge in [-0.25, -0.2) is 0 Å². The zero-order valence-electron chi connectivity index (χ0n) is 17.8. The molecule has 0 radical (unpaired) electrons. The molecule has 0 spiro atoms. The quantitative estimate of drug-likeness (QED) is 0.636. The van der Waals surface area contributed by atoms with Crippen LogP contribution in [0.3, 0.4) is 0 Å². The lowest BCUT2D eigenvalue weighted by Gasteiger charge is -2.33. The van der Waals surface area contributed by atoms with Crippen LogP contribution < -0.4 is 5.32 Å². The van der Waals surface area contributed by atoms with Gasteiger partial charge >= 0.3 is 0 Å². The van der Waals surface area contributed by atoms with Gasteiger partial charge in [0.25, 0.3) is 0 Å². The fraction of sp³-hybridized carbons (Fsp3) is 0.696. The molecule has 1 fully saturated rings. The normalized spacial score (nSPS) is 16.0. The Balaban J connectivity index is 2.24. The van der Waals surface area contributed by atoms with Crippen LogP contribution in [0.1, 0.15) is 90.2 Å². The van der Waals surface area contributed by atoms with Gasteiger partial charge in [-0.2, -0.15) is 0 Å². The summed E-state index contributed by atoms with van der Waals surface area (Å²) in [4.78, 5) is 32.4. The molecular formula is C23H37N3O2. The summed E-state index contributed by atoms with van der Waals surface area (Å²) in [6, 6.07) is 3.38. The van der Waals surface area contributed by atoms with Crippen molar-refractivity contribution < 1.29 is 9.59 Å². The molecule has 0 saturated heterocycles. The van der Waals surface area contributed by atoms with Crippen molar-refractivity contribution in [2.24, 2.45) is 5.92 Å². The number of amides is 2. The van der Waals surface area contributed by atoms with Crippen molar-refractivity contribution in [3.8, 4) is 0 Å². The van der Waals surface area contributed by atoms with Crippen LogP contribution in [0.2, 0.25) is 0 Å². The van der Waals surface area contributed by atoms with Crippen molar-refractivity contribution in [1.29, 1.82) is 0 Å². The third-order valence-electron chi connectivity index (χ3n) is 5.52. The van der Waals surface area contributed by atoms with Crippen molar-refractivity contribution in [2.75, 3.05) is 6.54 Å². The predicted octanol–water partition coefficient (Wildman–Crippen LogP) is 4.64. The number of hydrogen-bond donors (Lipinski definition) is 1. The summed E-state index contributed by atoms with van der Waals surface area (Å²) in [6.45, 7) is 6.96. The second-order valence-electron chi connectivity index (χ2n) is 8.41. The maximum Gasteiger partial charge on any atom is 0.247 e. The van der Waals surface area contributed by atoms with Gasteiger partial charge in [0.1, 0.15) is 6.04 Å². The Bertz CT molecular complexity index is 597.